The zero-order valence-electron chi connectivity index (χ0n) is 9.18. The van der Waals surface area contributed by atoms with Crippen LogP contribution < -0.4 is 0 Å². The molecular formula is C13H9ClFNO2. The third-order valence-corrected chi connectivity index (χ3v) is 2.73. The van der Waals surface area contributed by atoms with Gasteiger partial charge in [0, 0.05) is 16.8 Å². The van der Waals surface area contributed by atoms with E-state index in [1.807, 2.05) is 0 Å². The fourth-order valence-corrected chi connectivity index (χ4v) is 1.88. The Kier molecular flexibility index (Phi) is 3.58. The second-order valence-corrected chi connectivity index (χ2v) is 4.13. The Labute approximate surface area is 108 Å². The number of aliphatic carboxylic acids is 1. The van der Waals surface area contributed by atoms with E-state index in [4.69, 9.17) is 11.6 Å². The maximum Gasteiger partial charge on any atom is 0.317 e. The predicted molar refractivity (Wildman–Crippen MR) is 65.1 cm³/mol. The van der Waals surface area contributed by atoms with Crippen LogP contribution in [-0.2, 0) is 4.79 Å². The Morgan fingerprint density at radius 2 is 2.11 bits per heavy atom. The predicted octanol–water partition coefficient (Wildman–Crippen LogP) is 3.09. The summed E-state index contributed by atoms with van der Waals surface area (Å²) >= 11 is 5.77. The minimum absolute atomic E-state index is 0.00806. The molecule has 1 aromatic carbocycles. The quantitative estimate of drug-likeness (QED) is 0.928. The maximum atomic E-state index is 13.7. The molecule has 0 saturated heterocycles. The van der Waals surface area contributed by atoms with Crippen LogP contribution in [0, 0.1) is 5.82 Å². The number of rotatable bonds is 3. The molecule has 1 unspecified atom stereocenters. The molecule has 0 radical (unpaired) electrons. The van der Waals surface area contributed by atoms with Crippen LogP contribution in [0.5, 0.6) is 0 Å². The van der Waals surface area contributed by atoms with Crippen molar-refractivity contribution in [2.75, 3.05) is 0 Å². The normalized spacial score (nSPS) is 12.1. The Morgan fingerprint density at radius 1 is 1.33 bits per heavy atom. The second-order valence-electron chi connectivity index (χ2n) is 3.69. The van der Waals surface area contributed by atoms with Gasteiger partial charge in [-0.1, -0.05) is 17.7 Å². The van der Waals surface area contributed by atoms with Crippen molar-refractivity contribution in [1.82, 2.24) is 4.98 Å². The van der Waals surface area contributed by atoms with Gasteiger partial charge in [-0.2, -0.15) is 0 Å². The van der Waals surface area contributed by atoms with E-state index in [1.165, 1.54) is 18.3 Å². The van der Waals surface area contributed by atoms with Crippen molar-refractivity contribution >= 4 is 17.6 Å². The number of hydrogen-bond donors (Lipinski definition) is 1. The van der Waals surface area contributed by atoms with E-state index in [1.54, 1.807) is 18.2 Å². The van der Waals surface area contributed by atoms with Crippen molar-refractivity contribution in [3.63, 3.8) is 0 Å². The molecule has 0 bridgehead atoms. The number of carboxylic acids is 1. The summed E-state index contributed by atoms with van der Waals surface area (Å²) in [5, 5.41) is 9.53. The first-order chi connectivity index (χ1) is 8.59. The van der Waals surface area contributed by atoms with Crippen LogP contribution in [0.3, 0.4) is 0 Å². The summed E-state index contributed by atoms with van der Waals surface area (Å²) in [6.07, 6.45) is 1.47. The van der Waals surface area contributed by atoms with Crippen molar-refractivity contribution in [3.8, 4) is 0 Å². The number of nitrogens with zero attached hydrogens (tertiary/aromatic N) is 1. The standard InChI is InChI=1S/C13H9ClFNO2/c14-8-4-5-10(15)9(7-8)12(13(17)18)11-3-1-2-6-16-11/h1-7,12H,(H,17,18). The number of benzene rings is 1. The summed E-state index contributed by atoms with van der Waals surface area (Å²) in [5.74, 6) is -2.95. The number of halogens is 2. The molecule has 1 heterocycles. The summed E-state index contributed by atoms with van der Waals surface area (Å²) < 4.78 is 13.7. The van der Waals surface area contributed by atoms with E-state index in [2.05, 4.69) is 4.98 Å². The molecule has 0 fully saturated rings. The number of hydrogen-bond acceptors (Lipinski definition) is 2. The van der Waals surface area contributed by atoms with Crippen LogP contribution in [0.2, 0.25) is 5.02 Å². The van der Waals surface area contributed by atoms with Crippen LogP contribution >= 0.6 is 11.6 Å². The largest absolute Gasteiger partial charge is 0.480 e. The summed E-state index contributed by atoms with van der Waals surface area (Å²) in [6, 6.07) is 8.69. The average molecular weight is 266 g/mol. The Balaban J connectivity index is 2.55. The van der Waals surface area contributed by atoms with E-state index in [9.17, 15) is 14.3 Å². The molecule has 0 aliphatic rings. The minimum Gasteiger partial charge on any atom is -0.480 e. The lowest BCUT2D eigenvalue weighted by Crippen LogP contribution is -2.15. The van der Waals surface area contributed by atoms with Crippen LogP contribution in [0.1, 0.15) is 17.2 Å². The molecule has 0 aliphatic heterocycles. The maximum absolute atomic E-state index is 13.7. The van der Waals surface area contributed by atoms with Crippen LogP contribution in [0.4, 0.5) is 4.39 Å². The molecule has 92 valence electrons. The molecule has 2 aromatic rings. The lowest BCUT2D eigenvalue weighted by atomic mass is 9.95. The molecule has 1 aromatic heterocycles. The summed E-state index contributed by atoms with van der Waals surface area (Å²) in [7, 11) is 0. The van der Waals surface area contributed by atoms with Crippen molar-refractivity contribution in [2.24, 2.45) is 0 Å². The highest BCUT2D eigenvalue weighted by atomic mass is 35.5. The van der Waals surface area contributed by atoms with Gasteiger partial charge in [-0.3, -0.25) is 9.78 Å². The first kappa shape index (κ1) is 12.5. The zero-order chi connectivity index (χ0) is 13.1. The third-order valence-electron chi connectivity index (χ3n) is 2.50. The van der Waals surface area contributed by atoms with Gasteiger partial charge in [0.25, 0.3) is 0 Å². The van der Waals surface area contributed by atoms with Crippen molar-refractivity contribution in [3.05, 3.63) is 64.7 Å². The van der Waals surface area contributed by atoms with Gasteiger partial charge in [0.15, 0.2) is 0 Å². The fourth-order valence-electron chi connectivity index (χ4n) is 1.70. The number of pyridine rings is 1. The molecule has 5 heteroatoms. The van der Waals surface area contributed by atoms with Crippen LogP contribution in [-0.4, -0.2) is 16.1 Å². The van der Waals surface area contributed by atoms with E-state index in [0.29, 0.717) is 0 Å². The highest BCUT2D eigenvalue weighted by Gasteiger charge is 2.26. The van der Waals surface area contributed by atoms with Gasteiger partial charge in [-0.15, -0.1) is 0 Å². The minimum atomic E-state index is -1.17. The van der Waals surface area contributed by atoms with E-state index >= 15 is 0 Å². The van der Waals surface area contributed by atoms with Gasteiger partial charge >= 0.3 is 5.97 Å². The third kappa shape index (κ3) is 2.49. The molecule has 1 atom stereocenters. The SMILES string of the molecule is O=C(O)C(c1ccccn1)c1cc(Cl)ccc1F. The molecule has 0 amide bonds. The molecule has 0 aliphatic carbocycles. The summed E-state index contributed by atoms with van der Waals surface area (Å²) in [5.41, 5.74) is 0.278. The smallest absolute Gasteiger partial charge is 0.317 e. The lowest BCUT2D eigenvalue weighted by molar-refractivity contribution is -0.137. The Hall–Kier alpha value is -1.94. The van der Waals surface area contributed by atoms with E-state index < -0.39 is 17.7 Å². The van der Waals surface area contributed by atoms with E-state index in [-0.39, 0.29) is 16.3 Å². The van der Waals surface area contributed by atoms with Gasteiger partial charge in [0.2, 0.25) is 0 Å². The zero-order valence-corrected chi connectivity index (χ0v) is 9.93. The summed E-state index contributed by atoms with van der Waals surface area (Å²) in [4.78, 5) is 15.3. The second kappa shape index (κ2) is 5.14. The number of carboxylic acid groups (broad SMARTS) is 1. The highest BCUT2D eigenvalue weighted by molar-refractivity contribution is 6.30. The monoisotopic (exact) mass is 265 g/mol. The van der Waals surface area contributed by atoms with Crippen molar-refractivity contribution < 1.29 is 14.3 Å². The number of aromatic nitrogens is 1. The molecule has 0 saturated carbocycles. The molecule has 1 N–H and O–H groups in total. The molecule has 3 nitrogen and oxygen atoms in total. The number of carbonyl (C=O) groups is 1. The van der Waals surface area contributed by atoms with E-state index in [0.717, 1.165) is 6.07 Å². The summed E-state index contributed by atoms with van der Waals surface area (Å²) in [6.45, 7) is 0. The molecule has 2 rings (SSSR count). The average Bonchev–Trinajstić information content (AvgIpc) is 2.35. The Bertz CT molecular complexity index is 574. The topological polar surface area (TPSA) is 50.2 Å². The first-order valence-corrected chi connectivity index (χ1v) is 5.56. The lowest BCUT2D eigenvalue weighted by Gasteiger charge is -2.13. The molecule has 18 heavy (non-hydrogen) atoms. The van der Waals surface area contributed by atoms with Crippen molar-refractivity contribution in [2.45, 2.75) is 5.92 Å². The van der Waals surface area contributed by atoms with Crippen molar-refractivity contribution in [1.29, 1.82) is 0 Å². The fraction of sp³-hybridized carbons (Fsp3) is 0.0769. The van der Waals surface area contributed by atoms with Gasteiger partial charge in [-0.25, -0.2) is 4.39 Å². The van der Waals surface area contributed by atoms with Gasteiger partial charge < -0.3 is 5.11 Å². The van der Waals surface area contributed by atoms with Crippen LogP contribution in [0.25, 0.3) is 0 Å². The molecular weight excluding hydrogens is 257 g/mol. The van der Waals surface area contributed by atoms with Gasteiger partial charge in [0.1, 0.15) is 11.7 Å². The molecule has 0 spiro atoms. The van der Waals surface area contributed by atoms with Crippen LogP contribution in [0.15, 0.2) is 42.6 Å². The first-order valence-electron chi connectivity index (χ1n) is 5.18. The highest BCUT2D eigenvalue weighted by Crippen LogP contribution is 2.28. The Morgan fingerprint density at radius 3 is 2.72 bits per heavy atom. The van der Waals surface area contributed by atoms with Gasteiger partial charge in [-0.05, 0) is 30.3 Å². The van der Waals surface area contributed by atoms with Gasteiger partial charge in [0.05, 0.1) is 5.69 Å².